The Labute approximate surface area is 120 Å². The van der Waals surface area contributed by atoms with E-state index in [1.807, 2.05) is 25.1 Å². The summed E-state index contributed by atoms with van der Waals surface area (Å²) in [6, 6.07) is 4.99. The van der Waals surface area contributed by atoms with Crippen LogP contribution in [0, 0.1) is 0 Å². The zero-order chi connectivity index (χ0) is 15.0. The number of imidazole rings is 1. The Morgan fingerprint density at radius 3 is 2.86 bits per heavy atom. The molecule has 1 aromatic carbocycles. The summed E-state index contributed by atoms with van der Waals surface area (Å²) in [6.07, 6.45) is -0.0275. The van der Waals surface area contributed by atoms with Crippen LogP contribution in [0.2, 0.25) is 0 Å². The smallest absolute Gasteiger partial charge is 0.323 e. The number of hydrogen-bond acceptors (Lipinski definition) is 4. The molecule has 1 fully saturated rings. The maximum absolute atomic E-state index is 12.1. The first-order valence-corrected chi connectivity index (χ1v) is 6.96. The van der Waals surface area contributed by atoms with Crippen LogP contribution in [0.1, 0.15) is 24.9 Å². The first-order valence-electron chi connectivity index (χ1n) is 6.96. The van der Waals surface area contributed by atoms with Gasteiger partial charge in [0.25, 0.3) is 0 Å². The number of aliphatic hydroxyl groups excluding tert-OH is 1. The van der Waals surface area contributed by atoms with Crippen LogP contribution in [0.4, 0.5) is 0 Å². The molecule has 7 heteroatoms. The number of aromatic nitrogens is 2. The minimum absolute atomic E-state index is 0.123. The lowest BCUT2D eigenvalue weighted by atomic mass is 10.1. The van der Waals surface area contributed by atoms with Crippen LogP contribution in [-0.4, -0.2) is 39.7 Å². The van der Waals surface area contributed by atoms with E-state index in [0.717, 1.165) is 11.1 Å². The Hall–Kier alpha value is -2.12. The highest BCUT2D eigenvalue weighted by Crippen LogP contribution is 2.17. The summed E-state index contributed by atoms with van der Waals surface area (Å²) in [5, 5.41) is 15.3. The van der Waals surface area contributed by atoms with Crippen molar-refractivity contribution in [2.75, 3.05) is 6.54 Å². The molecule has 3 unspecified atom stereocenters. The molecule has 2 heterocycles. The summed E-state index contributed by atoms with van der Waals surface area (Å²) >= 11 is 0. The van der Waals surface area contributed by atoms with Crippen molar-refractivity contribution in [3.05, 3.63) is 34.2 Å². The maximum Gasteiger partial charge on any atom is 0.323 e. The zero-order valence-electron chi connectivity index (χ0n) is 11.6. The lowest BCUT2D eigenvalue weighted by molar-refractivity contribution is -0.123. The van der Waals surface area contributed by atoms with Gasteiger partial charge in [-0.25, -0.2) is 4.79 Å². The summed E-state index contributed by atoms with van der Waals surface area (Å²) < 4.78 is 0. The number of hydrogen-bond donors (Lipinski definition) is 5. The topological polar surface area (TPSA) is 110 Å². The van der Waals surface area contributed by atoms with Crippen molar-refractivity contribution in [2.24, 2.45) is 0 Å². The first-order chi connectivity index (χ1) is 10.0. The number of aromatic amines is 2. The number of carbonyl (C=O) groups is 1. The average Bonchev–Trinajstić information content (AvgIpc) is 3.02. The SMILES string of the molecule is CC(NC(=O)C1CC(O)CN1)c1ccc2[nH]c(=O)[nH]c2c1. The molecule has 112 valence electrons. The second-order valence-electron chi connectivity index (χ2n) is 5.46. The molecule has 2 aromatic rings. The van der Waals surface area contributed by atoms with E-state index in [2.05, 4.69) is 20.6 Å². The van der Waals surface area contributed by atoms with Crippen molar-refractivity contribution >= 4 is 16.9 Å². The highest BCUT2D eigenvalue weighted by Gasteiger charge is 2.28. The number of nitrogens with one attached hydrogen (secondary N) is 4. The number of rotatable bonds is 3. The number of fused-ring (bicyclic) bond motifs is 1. The Balaban J connectivity index is 1.72. The highest BCUT2D eigenvalue weighted by atomic mass is 16.3. The number of aliphatic hydroxyl groups is 1. The predicted octanol–water partition coefficient (Wildman–Crippen LogP) is -0.244. The van der Waals surface area contributed by atoms with Crippen LogP contribution < -0.4 is 16.3 Å². The van der Waals surface area contributed by atoms with Crippen molar-refractivity contribution < 1.29 is 9.90 Å². The Morgan fingerprint density at radius 1 is 1.38 bits per heavy atom. The number of benzene rings is 1. The van der Waals surface area contributed by atoms with E-state index >= 15 is 0 Å². The third-order valence-electron chi connectivity index (χ3n) is 3.82. The monoisotopic (exact) mass is 290 g/mol. The molecule has 1 aliphatic rings. The fourth-order valence-electron chi connectivity index (χ4n) is 2.63. The van der Waals surface area contributed by atoms with Gasteiger partial charge < -0.3 is 25.7 Å². The summed E-state index contributed by atoms with van der Waals surface area (Å²) in [4.78, 5) is 28.7. The number of amides is 1. The van der Waals surface area contributed by atoms with E-state index in [1.54, 1.807) is 0 Å². The van der Waals surface area contributed by atoms with E-state index in [9.17, 15) is 14.7 Å². The van der Waals surface area contributed by atoms with Crippen LogP contribution >= 0.6 is 0 Å². The molecular formula is C14H18N4O3. The van der Waals surface area contributed by atoms with Gasteiger partial charge in [-0.15, -0.1) is 0 Å². The van der Waals surface area contributed by atoms with Gasteiger partial charge in [0.15, 0.2) is 0 Å². The van der Waals surface area contributed by atoms with Crippen LogP contribution in [-0.2, 0) is 4.79 Å². The molecule has 7 nitrogen and oxygen atoms in total. The van der Waals surface area contributed by atoms with E-state index in [1.165, 1.54) is 0 Å². The van der Waals surface area contributed by atoms with Crippen molar-refractivity contribution in [3.8, 4) is 0 Å². The first kappa shape index (κ1) is 13.8. The number of H-pyrrole nitrogens is 2. The predicted molar refractivity (Wildman–Crippen MR) is 77.9 cm³/mol. The molecule has 0 spiro atoms. The van der Waals surface area contributed by atoms with Gasteiger partial charge in [0.1, 0.15) is 0 Å². The standard InChI is InChI=1S/C14H18N4O3/c1-7(16-13(20)12-5-9(19)6-15-12)8-2-3-10-11(4-8)18-14(21)17-10/h2-4,7,9,12,15,19H,5-6H2,1H3,(H,16,20)(H2,17,18,21). The van der Waals surface area contributed by atoms with E-state index < -0.39 is 6.10 Å². The van der Waals surface area contributed by atoms with Crippen molar-refractivity contribution in [1.29, 1.82) is 0 Å². The third kappa shape index (κ3) is 2.84. The Kier molecular flexibility index (Phi) is 3.52. The van der Waals surface area contributed by atoms with Crippen molar-refractivity contribution in [1.82, 2.24) is 20.6 Å². The second-order valence-corrected chi connectivity index (χ2v) is 5.46. The number of carbonyl (C=O) groups excluding carboxylic acids is 1. The fraction of sp³-hybridized carbons (Fsp3) is 0.429. The third-order valence-corrected chi connectivity index (χ3v) is 3.82. The number of β-amino-alcohol motifs (C(OH)–C–C–N with tert-alkyl or cyclic N) is 1. The Bertz CT molecular complexity index is 720. The lowest BCUT2D eigenvalue weighted by Gasteiger charge is -2.17. The molecule has 1 aromatic heterocycles. The largest absolute Gasteiger partial charge is 0.392 e. The molecule has 1 amide bonds. The summed E-state index contributed by atoms with van der Waals surface area (Å²) in [6.45, 7) is 2.33. The minimum Gasteiger partial charge on any atom is -0.392 e. The fourth-order valence-corrected chi connectivity index (χ4v) is 2.63. The Morgan fingerprint density at radius 2 is 2.14 bits per heavy atom. The lowest BCUT2D eigenvalue weighted by Crippen LogP contribution is -2.41. The van der Waals surface area contributed by atoms with Crippen molar-refractivity contribution in [2.45, 2.75) is 31.5 Å². The van der Waals surface area contributed by atoms with E-state index in [4.69, 9.17) is 0 Å². The maximum atomic E-state index is 12.1. The van der Waals surface area contributed by atoms with Gasteiger partial charge in [0.2, 0.25) is 5.91 Å². The highest BCUT2D eigenvalue weighted by molar-refractivity contribution is 5.83. The van der Waals surface area contributed by atoms with Gasteiger partial charge in [-0.3, -0.25) is 4.79 Å². The molecule has 0 aliphatic carbocycles. The van der Waals surface area contributed by atoms with Gasteiger partial charge in [-0.05, 0) is 31.0 Å². The van der Waals surface area contributed by atoms with Gasteiger partial charge in [-0.2, -0.15) is 0 Å². The van der Waals surface area contributed by atoms with Crippen LogP contribution in [0.5, 0.6) is 0 Å². The molecule has 0 saturated carbocycles. The minimum atomic E-state index is -0.461. The van der Waals surface area contributed by atoms with Gasteiger partial charge >= 0.3 is 5.69 Å². The normalized spacial score (nSPS) is 23.3. The molecule has 1 aliphatic heterocycles. The van der Waals surface area contributed by atoms with Crippen molar-refractivity contribution in [3.63, 3.8) is 0 Å². The van der Waals surface area contributed by atoms with Crippen LogP contribution in [0.15, 0.2) is 23.0 Å². The quantitative estimate of drug-likeness (QED) is 0.537. The molecular weight excluding hydrogens is 272 g/mol. The molecule has 3 atom stereocenters. The van der Waals surface area contributed by atoms with E-state index in [-0.39, 0.29) is 23.7 Å². The van der Waals surface area contributed by atoms with E-state index in [0.29, 0.717) is 18.5 Å². The summed E-state index contributed by atoms with van der Waals surface area (Å²) in [7, 11) is 0. The molecule has 21 heavy (non-hydrogen) atoms. The van der Waals surface area contributed by atoms with Crippen LogP contribution in [0.25, 0.3) is 11.0 Å². The second kappa shape index (κ2) is 5.34. The van der Waals surface area contributed by atoms with Gasteiger partial charge in [0, 0.05) is 6.54 Å². The zero-order valence-corrected chi connectivity index (χ0v) is 11.6. The molecule has 0 radical (unpaired) electrons. The summed E-state index contributed by atoms with van der Waals surface area (Å²) in [5.41, 5.74) is 2.11. The molecule has 3 rings (SSSR count). The van der Waals surface area contributed by atoms with Gasteiger partial charge in [0.05, 0.1) is 29.2 Å². The van der Waals surface area contributed by atoms with Crippen LogP contribution in [0.3, 0.4) is 0 Å². The summed E-state index contributed by atoms with van der Waals surface area (Å²) in [5.74, 6) is -0.123. The molecule has 1 saturated heterocycles. The van der Waals surface area contributed by atoms with Gasteiger partial charge in [-0.1, -0.05) is 6.07 Å². The molecule has 0 bridgehead atoms. The molecule has 5 N–H and O–H groups in total. The average molecular weight is 290 g/mol.